The van der Waals surface area contributed by atoms with E-state index in [9.17, 15) is 18.5 Å². The summed E-state index contributed by atoms with van der Waals surface area (Å²) in [4.78, 5) is 19.6. The maximum absolute atomic E-state index is 12.6. The average Bonchev–Trinajstić information content (AvgIpc) is 2.89. The number of nitrogens with one attached hydrogen (secondary N) is 2. The van der Waals surface area contributed by atoms with Crippen LogP contribution in [0, 0.1) is 17.0 Å². The van der Waals surface area contributed by atoms with Crippen molar-refractivity contribution in [2.75, 3.05) is 57.7 Å². The first-order valence-corrected chi connectivity index (χ1v) is 14.6. The van der Waals surface area contributed by atoms with Crippen molar-refractivity contribution >= 4 is 43.9 Å². The van der Waals surface area contributed by atoms with Gasteiger partial charge >= 0.3 is 0 Å². The Morgan fingerprint density at radius 1 is 1.00 bits per heavy atom. The lowest BCUT2D eigenvalue weighted by Crippen LogP contribution is -2.47. The van der Waals surface area contributed by atoms with Crippen molar-refractivity contribution in [3.63, 3.8) is 0 Å². The van der Waals surface area contributed by atoms with Gasteiger partial charge in [-0.1, -0.05) is 17.7 Å². The highest BCUT2D eigenvalue weighted by Crippen LogP contribution is 2.24. The third-order valence-corrected chi connectivity index (χ3v) is 8.59. The quantitative estimate of drug-likeness (QED) is 0.194. The third-order valence-electron chi connectivity index (χ3n) is 6.75. The molecule has 2 N–H and O–H groups in total. The smallest absolute Gasteiger partial charge is 0.270 e. The number of nitrogens with zero attached hydrogens (tertiary/aromatic N) is 4. The van der Waals surface area contributed by atoms with Crippen molar-refractivity contribution in [2.24, 2.45) is 0 Å². The number of non-ortho nitro benzene ring substituents is 1. The van der Waals surface area contributed by atoms with Gasteiger partial charge in [-0.3, -0.25) is 15.1 Å². The molecule has 0 radical (unpaired) electrons. The summed E-state index contributed by atoms with van der Waals surface area (Å²) in [5.41, 5.74) is 2.19. The molecule has 1 aromatic heterocycles. The number of sulfonamides is 1. The van der Waals surface area contributed by atoms with Gasteiger partial charge in [0.25, 0.3) is 5.69 Å². The van der Waals surface area contributed by atoms with Gasteiger partial charge in [0, 0.05) is 73.7 Å². The fourth-order valence-corrected chi connectivity index (χ4v) is 6.12. The van der Waals surface area contributed by atoms with Gasteiger partial charge in [-0.05, 0) is 62.7 Å². The van der Waals surface area contributed by atoms with Crippen molar-refractivity contribution < 1.29 is 13.3 Å². The lowest BCUT2D eigenvalue weighted by atomic mass is 10.2. The molecule has 0 atom stereocenters. The van der Waals surface area contributed by atoms with Crippen LogP contribution in [-0.4, -0.2) is 80.5 Å². The first kappa shape index (κ1) is 28.2. The highest BCUT2D eigenvalue weighted by atomic mass is 35.5. The second-order valence-electron chi connectivity index (χ2n) is 9.44. The summed E-state index contributed by atoms with van der Waals surface area (Å²) in [6.07, 6.45) is 3.48. The summed E-state index contributed by atoms with van der Waals surface area (Å²) < 4.78 is 27.9. The molecule has 1 saturated heterocycles. The molecule has 204 valence electrons. The fourth-order valence-electron chi connectivity index (χ4n) is 4.62. The number of aromatic nitrogens is 1. The number of anilines is 1. The molecule has 0 amide bonds. The van der Waals surface area contributed by atoms with E-state index in [0.717, 1.165) is 74.9 Å². The Morgan fingerprint density at radius 2 is 1.68 bits per heavy atom. The standard InChI is InChI=1S/C26H33ClN6O4S/c1-20-4-6-22(33(34)35)19-26(20)38(36,37)30-10-3-13-32-16-14-31(15-17-32)12-2-9-28-24-8-11-29-25-18-21(27)5-7-23(24)25/h4-8,11,18-19,30H,2-3,9-10,12-17H2,1H3,(H,28,29). The highest BCUT2D eigenvalue weighted by Gasteiger charge is 2.21. The van der Waals surface area contributed by atoms with E-state index in [-0.39, 0.29) is 17.1 Å². The van der Waals surface area contributed by atoms with Crippen molar-refractivity contribution in [1.29, 1.82) is 0 Å². The van der Waals surface area contributed by atoms with Gasteiger partial charge in [0.1, 0.15) is 0 Å². The van der Waals surface area contributed by atoms with E-state index in [1.54, 1.807) is 13.1 Å². The van der Waals surface area contributed by atoms with Crippen molar-refractivity contribution in [1.82, 2.24) is 19.5 Å². The molecular formula is C26H33ClN6O4S. The topological polar surface area (TPSA) is 121 Å². The first-order valence-electron chi connectivity index (χ1n) is 12.7. The van der Waals surface area contributed by atoms with Crippen molar-refractivity contribution in [3.05, 3.63) is 69.4 Å². The van der Waals surface area contributed by atoms with Crippen LogP contribution in [0.5, 0.6) is 0 Å². The summed E-state index contributed by atoms with van der Waals surface area (Å²) in [5.74, 6) is 0. The molecule has 0 bridgehead atoms. The number of benzene rings is 2. The van der Waals surface area contributed by atoms with E-state index in [0.29, 0.717) is 17.0 Å². The van der Waals surface area contributed by atoms with Crippen LogP contribution in [0.1, 0.15) is 18.4 Å². The van der Waals surface area contributed by atoms with Crippen LogP contribution in [0.4, 0.5) is 11.4 Å². The van der Waals surface area contributed by atoms with Gasteiger partial charge in [0.2, 0.25) is 10.0 Å². The molecule has 0 unspecified atom stereocenters. The monoisotopic (exact) mass is 560 g/mol. The van der Waals surface area contributed by atoms with Gasteiger partial charge in [-0.25, -0.2) is 13.1 Å². The fraction of sp³-hybridized carbons (Fsp3) is 0.423. The molecule has 2 aromatic carbocycles. The molecule has 0 spiro atoms. The number of piperazine rings is 1. The number of halogens is 1. The highest BCUT2D eigenvalue weighted by molar-refractivity contribution is 7.89. The van der Waals surface area contributed by atoms with E-state index in [2.05, 4.69) is 24.8 Å². The Bertz CT molecular complexity index is 1380. The van der Waals surface area contributed by atoms with Crippen LogP contribution < -0.4 is 10.0 Å². The van der Waals surface area contributed by atoms with Crippen LogP contribution in [0.25, 0.3) is 10.9 Å². The zero-order chi connectivity index (χ0) is 27.1. The third kappa shape index (κ3) is 7.39. The van der Waals surface area contributed by atoms with E-state index >= 15 is 0 Å². The Hall–Kier alpha value is -2.83. The molecular weight excluding hydrogens is 528 g/mol. The molecule has 12 heteroatoms. The molecule has 2 heterocycles. The number of pyridine rings is 1. The molecule has 38 heavy (non-hydrogen) atoms. The number of hydrogen-bond donors (Lipinski definition) is 2. The molecule has 1 fully saturated rings. The number of nitro groups is 1. The average molecular weight is 561 g/mol. The molecule has 10 nitrogen and oxygen atoms in total. The maximum atomic E-state index is 12.6. The molecule has 0 saturated carbocycles. The number of aryl methyl sites for hydroxylation is 1. The minimum Gasteiger partial charge on any atom is -0.384 e. The largest absolute Gasteiger partial charge is 0.384 e. The predicted molar refractivity (Wildman–Crippen MR) is 150 cm³/mol. The molecule has 0 aliphatic carbocycles. The zero-order valence-corrected chi connectivity index (χ0v) is 23.0. The lowest BCUT2D eigenvalue weighted by molar-refractivity contribution is -0.385. The van der Waals surface area contributed by atoms with Crippen LogP contribution >= 0.6 is 11.6 Å². The van der Waals surface area contributed by atoms with Crippen LogP contribution in [0.2, 0.25) is 5.02 Å². The zero-order valence-electron chi connectivity index (χ0n) is 21.4. The Labute approximate surface area is 228 Å². The molecule has 3 aromatic rings. The Balaban J connectivity index is 1.13. The van der Waals surface area contributed by atoms with Crippen LogP contribution in [0.3, 0.4) is 0 Å². The van der Waals surface area contributed by atoms with E-state index in [1.807, 2.05) is 24.3 Å². The summed E-state index contributed by atoms with van der Waals surface area (Å²) in [7, 11) is -3.80. The van der Waals surface area contributed by atoms with Crippen LogP contribution in [-0.2, 0) is 10.0 Å². The van der Waals surface area contributed by atoms with Crippen molar-refractivity contribution in [2.45, 2.75) is 24.7 Å². The lowest BCUT2D eigenvalue weighted by Gasteiger charge is -2.34. The molecule has 1 aliphatic heterocycles. The summed E-state index contributed by atoms with van der Waals surface area (Å²) >= 11 is 6.07. The summed E-state index contributed by atoms with van der Waals surface area (Å²) in [5, 5.41) is 16.3. The van der Waals surface area contributed by atoms with Gasteiger partial charge in [0.05, 0.1) is 15.3 Å². The minimum atomic E-state index is -3.80. The Morgan fingerprint density at radius 3 is 2.37 bits per heavy atom. The predicted octanol–water partition coefficient (Wildman–Crippen LogP) is 3.89. The van der Waals surface area contributed by atoms with Gasteiger partial charge in [-0.15, -0.1) is 0 Å². The number of hydrogen-bond acceptors (Lipinski definition) is 8. The number of nitro benzene ring substituents is 1. The van der Waals surface area contributed by atoms with Crippen molar-refractivity contribution in [3.8, 4) is 0 Å². The summed E-state index contributed by atoms with van der Waals surface area (Å²) in [6.45, 7) is 8.44. The van der Waals surface area contributed by atoms with E-state index in [4.69, 9.17) is 11.6 Å². The Kier molecular flexibility index (Phi) is 9.50. The normalized spacial score (nSPS) is 15.1. The van der Waals surface area contributed by atoms with Gasteiger partial charge in [0.15, 0.2) is 0 Å². The second-order valence-corrected chi connectivity index (χ2v) is 11.6. The molecule has 1 aliphatic rings. The minimum absolute atomic E-state index is 0.0451. The SMILES string of the molecule is Cc1ccc([N+](=O)[O-])cc1S(=O)(=O)NCCCN1CCN(CCCNc2ccnc3cc(Cl)ccc23)CC1. The summed E-state index contributed by atoms with van der Waals surface area (Å²) in [6, 6.07) is 11.6. The maximum Gasteiger partial charge on any atom is 0.270 e. The molecule has 4 rings (SSSR count). The van der Waals surface area contributed by atoms with Gasteiger partial charge < -0.3 is 15.1 Å². The van der Waals surface area contributed by atoms with E-state index in [1.165, 1.54) is 12.1 Å². The first-order chi connectivity index (χ1) is 18.2. The number of rotatable bonds is 12. The van der Waals surface area contributed by atoms with Crippen LogP contribution in [0.15, 0.2) is 53.6 Å². The van der Waals surface area contributed by atoms with Gasteiger partial charge in [-0.2, -0.15) is 0 Å². The van der Waals surface area contributed by atoms with E-state index < -0.39 is 14.9 Å². The second kappa shape index (κ2) is 12.8. The number of fused-ring (bicyclic) bond motifs is 1.